The Morgan fingerprint density at radius 1 is 1.37 bits per heavy atom. The molecule has 2 saturated heterocycles. The molecule has 1 aromatic heterocycles. The van der Waals surface area contributed by atoms with E-state index in [0.29, 0.717) is 25.7 Å². The number of hydrogen-bond donors (Lipinski definition) is 2. The molecular weight excluding hydrogens is 369 g/mol. The predicted octanol–water partition coefficient (Wildman–Crippen LogP) is 1.09. The molecule has 0 saturated carbocycles. The zero-order valence-electron chi connectivity index (χ0n) is 14.9. The highest BCUT2D eigenvalue weighted by atomic mass is 19.4. The largest absolute Gasteiger partial charge is 0.490 e. The summed E-state index contributed by atoms with van der Waals surface area (Å²) in [6.07, 6.45) is -1.62. The van der Waals surface area contributed by atoms with Gasteiger partial charge in [-0.15, -0.1) is 0 Å². The molecule has 1 aromatic rings. The lowest BCUT2D eigenvalue weighted by Gasteiger charge is -2.27. The topological polar surface area (TPSA) is 105 Å². The van der Waals surface area contributed by atoms with Crippen LogP contribution in [0.5, 0.6) is 0 Å². The van der Waals surface area contributed by atoms with Crippen molar-refractivity contribution < 1.29 is 32.6 Å². The van der Waals surface area contributed by atoms with E-state index in [-0.39, 0.29) is 17.9 Å². The lowest BCUT2D eigenvalue weighted by molar-refractivity contribution is -0.192. The van der Waals surface area contributed by atoms with E-state index in [0.717, 1.165) is 6.54 Å². The minimum Gasteiger partial charge on any atom is -0.475 e. The number of aromatic nitrogens is 2. The van der Waals surface area contributed by atoms with Crippen molar-refractivity contribution in [1.82, 2.24) is 15.3 Å². The van der Waals surface area contributed by atoms with Crippen LogP contribution >= 0.6 is 0 Å². The summed E-state index contributed by atoms with van der Waals surface area (Å²) in [5, 5.41) is 10.2. The quantitative estimate of drug-likeness (QED) is 0.796. The molecule has 0 aromatic carbocycles. The van der Waals surface area contributed by atoms with Crippen molar-refractivity contribution in [2.75, 3.05) is 31.2 Å². The maximum atomic E-state index is 12.6. The number of carbonyl (C=O) groups excluding carboxylic acids is 1. The van der Waals surface area contributed by atoms with Gasteiger partial charge >= 0.3 is 12.1 Å². The summed E-state index contributed by atoms with van der Waals surface area (Å²) in [5.74, 6) is -1.76. The Morgan fingerprint density at radius 3 is 2.48 bits per heavy atom. The van der Waals surface area contributed by atoms with Crippen molar-refractivity contribution in [1.29, 1.82) is 0 Å². The van der Waals surface area contributed by atoms with Gasteiger partial charge in [-0.3, -0.25) is 4.79 Å². The number of hydrogen-bond acceptors (Lipinski definition) is 6. The van der Waals surface area contributed by atoms with E-state index in [4.69, 9.17) is 14.6 Å². The van der Waals surface area contributed by atoms with Crippen molar-refractivity contribution in [3.63, 3.8) is 0 Å². The van der Waals surface area contributed by atoms with Crippen LogP contribution in [-0.4, -0.2) is 65.5 Å². The number of anilines is 1. The van der Waals surface area contributed by atoms with Crippen LogP contribution in [-0.2, 0) is 14.3 Å². The number of aliphatic carboxylic acids is 1. The van der Waals surface area contributed by atoms with Crippen LogP contribution in [0.4, 0.5) is 19.1 Å². The first-order chi connectivity index (χ1) is 12.6. The molecule has 2 atom stereocenters. The molecule has 150 valence electrons. The predicted molar refractivity (Wildman–Crippen MR) is 88.0 cm³/mol. The van der Waals surface area contributed by atoms with Gasteiger partial charge in [-0.2, -0.15) is 13.2 Å². The molecule has 3 rings (SSSR count). The second-order valence-corrected chi connectivity index (χ2v) is 6.73. The second-order valence-electron chi connectivity index (χ2n) is 6.73. The van der Waals surface area contributed by atoms with Gasteiger partial charge in [-0.05, 0) is 19.9 Å². The zero-order valence-corrected chi connectivity index (χ0v) is 14.9. The first-order valence-electron chi connectivity index (χ1n) is 8.27. The van der Waals surface area contributed by atoms with Crippen LogP contribution in [0.2, 0.25) is 0 Å². The number of carbonyl (C=O) groups is 2. The van der Waals surface area contributed by atoms with Crippen LogP contribution < -0.4 is 10.2 Å². The number of carboxylic acids is 1. The third-order valence-electron chi connectivity index (χ3n) is 4.32. The van der Waals surface area contributed by atoms with Gasteiger partial charge in [-0.1, -0.05) is 0 Å². The summed E-state index contributed by atoms with van der Waals surface area (Å²) < 4.78 is 37.3. The van der Waals surface area contributed by atoms with Crippen molar-refractivity contribution >= 4 is 17.8 Å². The summed E-state index contributed by atoms with van der Waals surface area (Å²) >= 11 is 0. The molecule has 2 fully saturated rings. The number of amides is 1. The highest BCUT2D eigenvalue weighted by Crippen LogP contribution is 2.42. The van der Waals surface area contributed by atoms with E-state index in [1.165, 1.54) is 0 Å². The van der Waals surface area contributed by atoms with Gasteiger partial charge < -0.3 is 20.1 Å². The number of rotatable bonds is 3. The SMILES string of the molecule is CC(C)NC(=O)[C@]12COC[C@H]1CN(c1ncccn1)C2.O=C(O)C(F)(F)F. The standard InChI is InChI=1S/C14H20N4O2.C2HF3O2/c1-10(2)17-12(19)14-8-18(6-11(14)7-20-9-14)13-15-4-3-5-16-13;3-2(4,5)1(6)7/h3-5,10-11H,6-9H2,1-2H3,(H,17,19);(H,6,7)/t11-,14-;/m1./s1. The van der Waals surface area contributed by atoms with E-state index in [1.807, 2.05) is 13.8 Å². The summed E-state index contributed by atoms with van der Waals surface area (Å²) in [6.45, 7) is 6.48. The maximum Gasteiger partial charge on any atom is 0.490 e. The third-order valence-corrected chi connectivity index (χ3v) is 4.32. The first-order valence-corrected chi connectivity index (χ1v) is 8.27. The molecule has 27 heavy (non-hydrogen) atoms. The van der Waals surface area contributed by atoms with Crippen molar-refractivity contribution in [2.24, 2.45) is 11.3 Å². The Balaban J connectivity index is 0.000000321. The normalized spacial score (nSPS) is 24.2. The Morgan fingerprint density at radius 2 is 1.96 bits per heavy atom. The minimum atomic E-state index is -5.08. The fourth-order valence-corrected chi connectivity index (χ4v) is 3.07. The van der Waals surface area contributed by atoms with Crippen LogP contribution in [0.15, 0.2) is 18.5 Å². The molecule has 0 spiro atoms. The molecule has 1 amide bonds. The molecule has 2 aliphatic rings. The van der Waals surface area contributed by atoms with E-state index < -0.39 is 17.6 Å². The van der Waals surface area contributed by atoms with Gasteiger partial charge in [0.25, 0.3) is 0 Å². The van der Waals surface area contributed by atoms with Crippen LogP contribution in [0.3, 0.4) is 0 Å². The molecule has 0 bridgehead atoms. The average Bonchev–Trinajstić information content (AvgIpc) is 3.13. The van der Waals surface area contributed by atoms with Gasteiger partial charge in [0.15, 0.2) is 0 Å². The molecule has 11 heteroatoms. The lowest BCUT2D eigenvalue weighted by Crippen LogP contribution is -2.48. The summed E-state index contributed by atoms with van der Waals surface area (Å²) in [4.78, 5) is 32.1. The van der Waals surface area contributed by atoms with Gasteiger partial charge in [0.1, 0.15) is 0 Å². The number of carboxylic acid groups (broad SMARTS) is 1. The Kier molecular flexibility index (Phi) is 6.24. The molecule has 8 nitrogen and oxygen atoms in total. The Bertz CT molecular complexity index is 671. The number of halogens is 3. The Labute approximate surface area is 153 Å². The summed E-state index contributed by atoms with van der Waals surface area (Å²) in [5.41, 5.74) is -0.455. The summed E-state index contributed by atoms with van der Waals surface area (Å²) in [6, 6.07) is 1.94. The van der Waals surface area contributed by atoms with Gasteiger partial charge in [0, 0.05) is 37.4 Å². The number of alkyl halides is 3. The second kappa shape index (κ2) is 8.07. The molecule has 2 N–H and O–H groups in total. The fourth-order valence-electron chi connectivity index (χ4n) is 3.07. The molecular formula is C16H21F3N4O4. The average molecular weight is 390 g/mol. The van der Waals surface area contributed by atoms with Crippen molar-refractivity contribution in [3.05, 3.63) is 18.5 Å². The molecule has 2 aliphatic heterocycles. The highest BCUT2D eigenvalue weighted by Gasteiger charge is 2.56. The van der Waals surface area contributed by atoms with Crippen molar-refractivity contribution in [2.45, 2.75) is 26.1 Å². The van der Waals surface area contributed by atoms with Crippen LogP contribution in [0.1, 0.15) is 13.8 Å². The number of nitrogens with one attached hydrogen (secondary N) is 1. The first kappa shape index (κ1) is 20.9. The third kappa shape index (κ3) is 4.85. The molecule has 0 unspecified atom stereocenters. The van der Waals surface area contributed by atoms with Crippen LogP contribution in [0, 0.1) is 11.3 Å². The smallest absolute Gasteiger partial charge is 0.475 e. The van der Waals surface area contributed by atoms with E-state index in [1.54, 1.807) is 18.5 Å². The highest BCUT2D eigenvalue weighted by molar-refractivity contribution is 5.85. The molecule has 0 aliphatic carbocycles. The van der Waals surface area contributed by atoms with Crippen LogP contribution in [0.25, 0.3) is 0 Å². The van der Waals surface area contributed by atoms with Gasteiger partial charge in [-0.25, -0.2) is 14.8 Å². The lowest BCUT2D eigenvalue weighted by atomic mass is 9.80. The van der Waals surface area contributed by atoms with E-state index in [9.17, 15) is 18.0 Å². The maximum absolute atomic E-state index is 12.6. The number of fused-ring (bicyclic) bond motifs is 1. The summed E-state index contributed by atoms with van der Waals surface area (Å²) in [7, 11) is 0. The van der Waals surface area contributed by atoms with E-state index >= 15 is 0 Å². The number of ether oxygens (including phenoxy) is 1. The van der Waals surface area contributed by atoms with E-state index in [2.05, 4.69) is 20.2 Å². The minimum absolute atomic E-state index is 0.0911. The molecule has 0 radical (unpaired) electrons. The van der Waals surface area contributed by atoms with Gasteiger partial charge in [0.2, 0.25) is 11.9 Å². The zero-order chi connectivity index (χ0) is 20.2. The molecule has 3 heterocycles. The van der Waals surface area contributed by atoms with Crippen molar-refractivity contribution in [3.8, 4) is 0 Å². The monoisotopic (exact) mass is 390 g/mol. The Hall–Kier alpha value is -2.43. The number of nitrogens with zero attached hydrogens (tertiary/aromatic N) is 3. The fraction of sp³-hybridized carbons (Fsp3) is 0.625. The van der Waals surface area contributed by atoms with Gasteiger partial charge in [0.05, 0.1) is 18.6 Å².